The first-order valence-corrected chi connectivity index (χ1v) is 4.72. The molecule has 0 bridgehead atoms. The van der Waals surface area contributed by atoms with E-state index in [-0.39, 0.29) is 0 Å². The van der Waals surface area contributed by atoms with Crippen LogP contribution in [-0.2, 0) is 0 Å². The summed E-state index contributed by atoms with van der Waals surface area (Å²) in [6, 6.07) is -0.538. The highest BCUT2D eigenvalue weighted by Crippen LogP contribution is 2.05. The van der Waals surface area contributed by atoms with Gasteiger partial charge >= 0.3 is 6.03 Å². The fourth-order valence-corrected chi connectivity index (χ4v) is 0.968. The minimum atomic E-state index is -0.538. The Labute approximate surface area is 89.4 Å². The third-order valence-electron chi connectivity index (χ3n) is 1.33. The van der Waals surface area contributed by atoms with Gasteiger partial charge in [-0.25, -0.2) is 14.8 Å². The molecule has 2 amide bonds. The molecule has 1 aromatic rings. The molecule has 1 aromatic heterocycles. The molecular weight excluding hydrogens is 250 g/mol. The number of hydrogen-bond donors (Lipinski definition) is 3. The van der Waals surface area contributed by atoms with E-state index in [0.717, 1.165) is 4.47 Å². The lowest BCUT2D eigenvalue weighted by molar-refractivity contribution is 0.249. The number of nitrogens with one attached hydrogen (secondary N) is 2. The number of carbonyl (C=O) groups is 1. The average molecular weight is 260 g/mol. The number of primary amides is 1. The summed E-state index contributed by atoms with van der Waals surface area (Å²) in [5.41, 5.74) is 4.88. The summed E-state index contributed by atoms with van der Waals surface area (Å²) in [5.74, 6) is 0.513. The van der Waals surface area contributed by atoms with E-state index in [1.54, 1.807) is 12.4 Å². The van der Waals surface area contributed by atoms with Crippen molar-refractivity contribution in [3.8, 4) is 0 Å². The molecule has 4 N–H and O–H groups in total. The smallest absolute Gasteiger partial charge is 0.312 e. The normalized spacial score (nSPS) is 9.50. The molecule has 76 valence electrons. The maximum Gasteiger partial charge on any atom is 0.312 e. The predicted molar refractivity (Wildman–Crippen MR) is 55.8 cm³/mol. The number of rotatable bonds is 4. The minimum Gasteiger partial charge on any atom is -0.352 e. The Kier molecular flexibility index (Phi) is 4.11. The topological polar surface area (TPSA) is 92.9 Å². The molecule has 0 aromatic carbocycles. The van der Waals surface area contributed by atoms with Gasteiger partial charge in [0.15, 0.2) is 0 Å². The van der Waals surface area contributed by atoms with Crippen LogP contribution in [0.2, 0.25) is 0 Å². The second-order valence-corrected chi connectivity index (χ2v) is 3.36. The molecule has 6 nitrogen and oxygen atoms in total. The summed E-state index contributed by atoms with van der Waals surface area (Å²) < 4.78 is 0.818. The zero-order chi connectivity index (χ0) is 10.4. The molecule has 0 aliphatic carbocycles. The van der Waals surface area contributed by atoms with E-state index >= 15 is 0 Å². The summed E-state index contributed by atoms with van der Waals surface area (Å²) in [6.45, 7) is 0.972. The Morgan fingerprint density at radius 3 is 2.64 bits per heavy atom. The maximum atomic E-state index is 10.3. The molecule has 0 saturated heterocycles. The van der Waals surface area contributed by atoms with Crippen LogP contribution in [0.5, 0.6) is 0 Å². The quantitative estimate of drug-likeness (QED) is 0.679. The van der Waals surface area contributed by atoms with Gasteiger partial charge in [-0.2, -0.15) is 0 Å². The van der Waals surface area contributed by atoms with Crippen molar-refractivity contribution in [1.29, 1.82) is 0 Å². The molecular formula is C7H10BrN5O. The Morgan fingerprint density at radius 1 is 1.43 bits per heavy atom. The highest BCUT2D eigenvalue weighted by atomic mass is 79.9. The molecule has 0 atom stereocenters. The van der Waals surface area contributed by atoms with Crippen molar-refractivity contribution in [3.05, 3.63) is 16.9 Å². The molecule has 0 aliphatic heterocycles. The van der Waals surface area contributed by atoms with Crippen molar-refractivity contribution in [2.45, 2.75) is 0 Å². The lowest BCUT2D eigenvalue weighted by atomic mass is 10.6. The monoisotopic (exact) mass is 259 g/mol. The predicted octanol–water partition coefficient (Wildman–Crippen LogP) is 0.319. The number of carbonyl (C=O) groups excluding carboxylic acids is 1. The van der Waals surface area contributed by atoms with Gasteiger partial charge in [0.1, 0.15) is 0 Å². The SMILES string of the molecule is NC(=O)NCCNc1ncc(Br)cn1. The van der Waals surface area contributed by atoms with Crippen molar-refractivity contribution < 1.29 is 4.79 Å². The average Bonchev–Trinajstić information content (AvgIpc) is 2.15. The lowest BCUT2D eigenvalue weighted by Gasteiger charge is -2.04. The third-order valence-corrected chi connectivity index (χ3v) is 1.74. The highest BCUT2D eigenvalue weighted by molar-refractivity contribution is 9.10. The van der Waals surface area contributed by atoms with E-state index in [4.69, 9.17) is 5.73 Å². The van der Waals surface area contributed by atoms with Crippen molar-refractivity contribution in [2.24, 2.45) is 5.73 Å². The van der Waals surface area contributed by atoms with Gasteiger partial charge in [-0.05, 0) is 15.9 Å². The third kappa shape index (κ3) is 4.04. The first-order valence-electron chi connectivity index (χ1n) is 3.93. The number of anilines is 1. The summed E-state index contributed by atoms with van der Waals surface area (Å²) in [6.07, 6.45) is 3.27. The summed E-state index contributed by atoms with van der Waals surface area (Å²) >= 11 is 3.22. The summed E-state index contributed by atoms with van der Waals surface area (Å²) in [4.78, 5) is 18.3. The fraction of sp³-hybridized carbons (Fsp3) is 0.286. The summed E-state index contributed by atoms with van der Waals surface area (Å²) in [5, 5.41) is 5.35. The first-order chi connectivity index (χ1) is 6.68. The second-order valence-electron chi connectivity index (χ2n) is 2.44. The number of aromatic nitrogens is 2. The van der Waals surface area contributed by atoms with Gasteiger partial charge in [0.2, 0.25) is 5.95 Å². The lowest BCUT2D eigenvalue weighted by Crippen LogP contribution is -2.33. The van der Waals surface area contributed by atoms with Crippen LogP contribution in [0.25, 0.3) is 0 Å². The van der Waals surface area contributed by atoms with Crippen LogP contribution in [0.15, 0.2) is 16.9 Å². The van der Waals surface area contributed by atoms with E-state index in [1.165, 1.54) is 0 Å². The van der Waals surface area contributed by atoms with Crippen LogP contribution < -0.4 is 16.4 Å². The number of amides is 2. The Hall–Kier alpha value is -1.37. The summed E-state index contributed by atoms with van der Waals surface area (Å²) in [7, 11) is 0. The van der Waals surface area contributed by atoms with Gasteiger partial charge in [-0.3, -0.25) is 0 Å². The molecule has 0 spiro atoms. The van der Waals surface area contributed by atoms with Crippen molar-refractivity contribution in [1.82, 2.24) is 15.3 Å². The van der Waals surface area contributed by atoms with Gasteiger partial charge < -0.3 is 16.4 Å². The number of halogens is 1. The van der Waals surface area contributed by atoms with E-state index in [2.05, 4.69) is 36.5 Å². The second kappa shape index (κ2) is 5.38. The van der Waals surface area contributed by atoms with Gasteiger partial charge in [-0.15, -0.1) is 0 Å². The zero-order valence-corrected chi connectivity index (χ0v) is 8.91. The fourth-order valence-electron chi connectivity index (χ4n) is 0.764. The Morgan fingerprint density at radius 2 is 2.07 bits per heavy atom. The Bertz CT molecular complexity index is 301. The van der Waals surface area contributed by atoms with E-state index < -0.39 is 6.03 Å². The molecule has 1 rings (SSSR count). The van der Waals surface area contributed by atoms with E-state index in [1.807, 2.05) is 0 Å². The molecule has 1 heterocycles. The zero-order valence-electron chi connectivity index (χ0n) is 7.33. The number of urea groups is 1. The standard InChI is InChI=1S/C7H10BrN5O/c8-5-3-12-7(13-4-5)11-2-1-10-6(9)14/h3-4H,1-2H2,(H3,9,10,14)(H,11,12,13). The van der Waals surface area contributed by atoms with Crippen molar-refractivity contribution in [3.63, 3.8) is 0 Å². The number of nitrogens with two attached hydrogens (primary N) is 1. The van der Waals surface area contributed by atoms with Crippen LogP contribution in [0, 0.1) is 0 Å². The number of hydrogen-bond acceptors (Lipinski definition) is 4. The van der Waals surface area contributed by atoms with Gasteiger partial charge in [0, 0.05) is 25.5 Å². The largest absolute Gasteiger partial charge is 0.352 e. The Balaban J connectivity index is 2.25. The maximum absolute atomic E-state index is 10.3. The molecule has 14 heavy (non-hydrogen) atoms. The first kappa shape index (κ1) is 10.7. The van der Waals surface area contributed by atoms with Crippen LogP contribution >= 0.6 is 15.9 Å². The van der Waals surface area contributed by atoms with Crippen molar-refractivity contribution in [2.75, 3.05) is 18.4 Å². The van der Waals surface area contributed by atoms with Crippen LogP contribution in [0.1, 0.15) is 0 Å². The van der Waals surface area contributed by atoms with Gasteiger partial charge in [0.25, 0.3) is 0 Å². The molecule has 0 fully saturated rings. The number of nitrogens with zero attached hydrogens (tertiary/aromatic N) is 2. The molecule has 0 aliphatic rings. The van der Waals surface area contributed by atoms with Gasteiger partial charge in [0.05, 0.1) is 4.47 Å². The molecule has 0 radical (unpaired) electrons. The van der Waals surface area contributed by atoms with Crippen LogP contribution in [0.3, 0.4) is 0 Å². The van der Waals surface area contributed by atoms with Crippen LogP contribution in [0.4, 0.5) is 10.7 Å². The van der Waals surface area contributed by atoms with Crippen LogP contribution in [-0.4, -0.2) is 29.1 Å². The van der Waals surface area contributed by atoms with E-state index in [0.29, 0.717) is 19.0 Å². The minimum absolute atomic E-state index is 0.439. The van der Waals surface area contributed by atoms with Gasteiger partial charge in [-0.1, -0.05) is 0 Å². The molecule has 7 heteroatoms. The van der Waals surface area contributed by atoms with Crippen molar-refractivity contribution >= 4 is 27.9 Å². The highest BCUT2D eigenvalue weighted by Gasteiger charge is 1.95. The molecule has 0 saturated carbocycles. The van der Waals surface area contributed by atoms with E-state index in [9.17, 15) is 4.79 Å². The molecule has 0 unspecified atom stereocenters.